The van der Waals surface area contributed by atoms with Crippen LogP contribution in [0.5, 0.6) is 0 Å². The molecule has 0 atom stereocenters. The Morgan fingerprint density at radius 1 is 1.00 bits per heavy atom. The Hall–Kier alpha value is -3.71. The highest BCUT2D eigenvalue weighted by atomic mass is 15.3. The molecule has 1 fully saturated rings. The van der Waals surface area contributed by atoms with Crippen LogP contribution in [-0.2, 0) is 6.42 Å². The molecule has 6 rings (SSSR count). The van der Waals surface area contributed by atoms with Gasteiger partial charge in [-0.1, -0.05) is 36.4 Å². The van der Waals surface area contributed by atoms with Crippen molar-refractivity contribution in [2.24, 2.45) is 0 Å². The van der Waals surface area contributed by atoms with Crippen molar-refractivity contribution < 1.29 is 0 Å². The average Bonchev–Trinajstić information content (AvgIpc) is 3.43. The number of anilines is 1. The van der Waals surface area contributed by atoms with Crippen LogP contribution in [0.2, 0.25) is 0 Å². The molecule has 0 radical (unpaired) electrons. The van der Waals surface area contributed by atoms with Gasteiger partial charge in [0.25, 0.3) is 0 Å². The first-order chi connectivity index (χ1) is 15.4. The largest absolute Gasteiger partial charge is 0.351 e. The zero-order chi connectivity index (χ0) is 20.6. The van der Waals surface area contributed by atoms with Gasteiger partial charge in [-0.3, -0.25) is 9.50 Å². The molecule has 4 heterocycles. The van der Waals surface area contributed by atoms with E-state index in [4.69, 9.17) is 9.97 Å². The van der Waals surface area contributed by atoms with Crippen molar-refractivity contribution in [1.29, 1.82) is 0 Å². The number of H-pyrrole nitrogens is 1. The summed E-state index contributed by atoms with van der Waals surface area (Å²) in [6.45, 7) is 3.79. The van der Waals surface area contributed by atoms with E-state index in [9.17, 15) is 0 Å². The Balaban J connectivity index is 1.55. The van der Waals surface area contributed by atoms with E-state index >= 15 is 0 Å². The van der Waals surface area contributed by atoms with Crippen LogP contribution in [-0.4, -0.2) is 50.7 Å². The minimum absolute atomic E-state index is 0.766. The minimum atomic E-state index is 0.766. The zero-order valence-electron chi connectivity index (χ0n) is 17.1. The topological polar surface area (TPSA) is 74.1 Å². The van der Waals surface area contributed by atoms with Crippen LogP contribution in [0.25, 0.3) is 27.8 Å². The van der Waals surface area contributed by atoms with E-state index in [-0.39, 0.29) is 0 Å². The number of nitrogens with zero attached hydrogens (tertiary/aromatic N) is 5. The van der Waals surface area contributed by atoms with Gasteiger partial charge in [-0.2, -0.15) is 5.10 Å². The predicted octanol–water partition coefficient (Wildman–Crippen LogP) is 3.27. The Morgan fingerprint density at radius 2 is 1.87 bits per heavy atom. The number of hydrogen-bond acceptors (Lipinski definition) is 5. The third-order valence-corrected chi connectivity index (χ3v) is 5.94. The van der Waals surface area contributed by atoms with Crippen molar-refractivity contribution in [2.75, 3.05) is 31.1 Å². The highest BCUT2D eigenvalue weighted by Gasteiger charge is 2.21. The number of benzene rings is 2. The number of imidazole rings is 1. The van der Waals surface area contributed by atoms with Crippen LogP contribution in [0.15, 0.2) is 67.1 Å². The van der Waals surface area contributed by atoms with Gasteiger partial charge in [0.2, 0.25) is 0 Å². The van der Waals surface area contributed by atoms with Gasteiger partial charge < -0.3 is 10.2 Å². The molecule has 154 valence electrons. The molecule has 31 heavy (non-hydrogen) atoms. The SMILES string of the molecule is c1ccc(Cc2nc3c(N4CCNCC4)nccn3c2-c2ccc3[nH]ncc3c2)cc1. The summed E-state index contributed by atoms with van der Waals surface area (Å²) in [6.07, 6.45) is 6.55. The first-order valence-corrected chi connectivity index (χ1v) is 10.7. The van der Waals surface area contributed by atoms with Crippen molar-refractivity contribution in [3.63, 3.8) is 0 Å². The van der Waals surface area contributed by atoms with E-state index in [1.807, 2.05) is 24.7 Å². The Bertz CT molecular complexity index is 1350. The van der Waals surface area contributed by atoms with Crippen LogP contribution in [0.4, 0.5) is 5.82 Å². The summed E-state index contributed by atoms with van der Waals surface area (Å²) in [5.74, 6) is 0.953. The van der Waals surface area contributed by atoms with Gasteiger partial charge >= 0.3 is 0 Å². The Labute approximate surface area is 179 Å². The van der Waals surface area contributed by atoms with Gasteiger partial charge in [0.1, 0.15) is 0 Å². The molecular weight excluding hydrogens is 386 g/mol. The Morgan fingerprint density at radius 3 is 2.74 bits per heavy atom. The molecule has 1 saturated heterocycles. The average molecular weight is 409 g/mol. The highest BCUT2D eigenvalue weighted by Crippen LogP contribution is 2.32. The molecule has 3 aromatic heterocycles. The molecule has 0 unspecified atom stereocenters. The summed E-state index contributed by atoms with van der Waals surface area (Å²) in [7, 11) is 0. The van der Waals surface area contributed by atoms with Gasteiger partial charge in [-0.05, 0) is 17.7 Å². The van der Waals surface area contributed by atoms with Gasteiger partial charge in [-0.15, -0.1) is 0 Å². The molecule has 0 bridgehead atoms. The second-order valence-electron chi connectivity index (χ2n) is 7.92. The van der Waals surface area contributed by atoms with E-state index in [0.29, 0.717) is 0 Å². The van der Waals surface area contributed by atoms with Gasteiger partial charge in [0.05, 0.1) is 23.1 Å². The molecular formula is C24H23N7. The van der Waals surface area contributed by atoms with Crippen molar-refractivity contribution in [1.82, 2.24) is 29.9 Å². The van der Waals surface area contributed by atoms with Crippen LogP contribution in [0.1, 0.15) is 11.3 Å². The van der Waals surface area contributed by atoms with Crippen LogP contribution < -0.4 is 10.2 Å². The molecule has 0 aliphatic carbocycles. The highest BCUT2D eigenvalue weighted by molar-refractivity contribution is 5.85. The summed E-state index contributed by atoms with van der Waals surface area (Å²) in [5, 5.41) is 11.7. The predicted molar refractivity (Wildman–Crippen MR) is 122 cm³/mol. The molecule has 7 heteroatoms. The molecule has 5 aromatic rings. The maximum atomic E-state index is 5.14. The number of aromatic nitrogens is 5. The molecule has 1 aliphatic heterocycles. The minimum Gasteiger partial charge on any atom is -0.351 e. The van der Waals surface area contributed by atoms with Gasteiger partial charge in [0.15, 0.2) is 11.5 Å². The lowest BCUT2D eigenvalue weighted by molar-refractivity contribution is 0.585. The fraction of sp³-hybridized carbons (Fsp3) is 0.208. The standard InChI is InChI=1S/C24H23N7/c1-2-4-17(5-3-1)14-21-22(18-6-7-20-19(15-18)16-27-29-20)31-13-10-26-23(24(31)28-21)30-11-8-25-9-12-30/h1-7,10,13,15-16,25H,8-9,11-12,14H2,(H,27,29). The summed E-state index contributed by atoms with van der Waals surface area (Å²) >= 11 is 0. The van der Waals surface area contributed by atoms with E-state index < -0.39 is 0 Å². The summed E-state index contributed by atoms with van der Waals surface area (Å²) in [4.78, 5) is 12.2. The molecule has 1 aliphatic rings. The molecule has 0 saturated carbocycles. The smallest absolute Gasteiger partial charge is 0.181 e. The quantitative estimate of drug-likeness (QED) is 0.477. The molecule has 2 N–H and O–H groups in total. The molecule has 2 aromatic carbocycles. The number of aromatic amines is 1. The summed E-state index contributed by atoms with van der Waals surface area (Å²) in [5.41, 5.74) is 6.49. The maximum Gasteiger partial charge on any atom is 0.181 e. The van der Waals surface area contributed by atoms with E-state index in [1.54, 1.807) is 0 Å². The van der Waals surface area contributed by atoms with Crippen molar-refractivity contribution in [3.05, 3.63) is 78.4 Å². The number of nitrogens with one attached hydrogen (secondary N) is 2. The fourth-order valence-electron chi connectivity index (χ4n) is 4.42. The van der Waals surface area contributed by atoms with Crippen LogP contribution >= 0.6 is 0 Å². The van der Waals surface area contributed by atoms with E-state index in [0.717, 1.165) is 71.9 Å². The monoisotopic (exact) mass is 409 g/mol. The number of hydrogen-bond donors (Lipinski definition) is 2. The lowest BCUT2D eigenvalue weighted by Gasteiger charge is -2.28. The first kappa shape index (κ1) is 18.1. The number of fused-ring (bicyclic) bond motifs is 2. The zero-order valence-corrected chi connectivity index (χ0v) is 17.1. The number of piperazine rings is 1. The van der Waals surface area contributed by atoms with Gasteiger partial charge in [-0.25, -0.2) is 9.97 Å². The molecule has 0 amide bonds. The lowest BCUT2D eigenvalue weighted by atomic mass is 10.0. The second kappa shape index (κ2) is 7.52. The molecule has 7 nitrogen and oxygen atoms in total. The summed E-state index contributed by atoms with van der Waals surface area (Å²) in [6, 6.07) is 16.9. The lowest BCUT2D eigenvalue weighted by Crippen LogP contribution is -2.44. The van der Waals surface area contributed by atoms with E-state index in [1.165, 1.54) is 5.56 Å². The maximum absolute atomic E-state index is 5.14. The Kier molecular flexibility index (Phi) is 4.39. The van der Waals surface area contributed by atoms with E-state index in [2.05, 4.69) is 67.3 Å². The first-order valence-electron chi connectivity index (χ1n) is 10.7. The fourth-order valence-corrected chi connectivity index (χ4v) is 4.42. The molecule has 0 spiro atoms. The van der Waals surface area contributed by atoms with Crippen molar-refractivity contribution in [2.45, 2.75) is 6.42 Å². The van der Waals surface area contributed by atoms with Crippen LogP contribution in [0, 0.1) is 0 Å². The summed E-state index contributed by atoms with van der Waals surface area (Å²) < 4.78 is 2.20. The third kappa shape index (κ3) is 3.23. The van der Waals surface area contributed by atoms with Gasteiger partial charge in [0, 0.05) is 55.9 Å². The number of rotatable bonds is 4. The second-order valence-corrected chi connectivity index (χ2v) is 7.92. The van der Waals surface area contributed by atoms with Crippen molar-refractivity contribution >= 4 is 22.4 Å². The normalized spacial score (nSPS) is 14.5. The van der Waals surface area contributed by atoms with Crippen LogP contribution in [0.3, 0.4) is 0 Å². The third-order valence-electron chi connectivity index (χ3n) is 5.94. The van der Waals surface area contributed by atoms with Crippen molar-refractivity contribution in [3.8, 4) is 11.3 Å².